The maximum atomic E-state index is 15.0. The monoisotopic (exact) mass is 558 g/mol. The number of aromatic carboxylic acids is 1. The molecule has 0 aliphatic carbocycles. The van der Waals surface area contributed by atoms with Gasteiger partial charge < -0.3 is 15.2 Å². The van der Waals surface area contributed by atoms with E-state index in [0.29, 0.717) is 22.5 Å². The molecule has 7 nitrogen and oxygen atoms in total. The highest BCUT2D eigenvalue weighted by molar-refractivity contribution is 6.31. The number of aromatic nitrogens is 2. The van der Waals surface area contributed by atoms with Gasteiger partial charge in [0.2, 0.25) is 5.95 Å². The number of nitrogens with one attached hydrogen (secondary N) is 1. The largest absolute Gasteiger partial charge is 0.573 e. The van der Waals surface area contributed by atoms with Crippen molar-refractivity contribution in [3.63, 3.8) is 0 Å². The minimum atomic E-state index is -5.05. The van der Waals surface area contributed by atoms with Gasteiger partial charge in [0.15, 0.2) is 0 Å². The van der Waals surface area contributed by atoms with Crippen molar-refractivity contribution in [2.45, 2.75) is 20.3 Å². The number of rotatable bonds is 5. The first-order valence-electron chi connectivity index (χ1n) is 10.9. The minimum absolute atomic E-state index is 0. The lowest BCUT2D eigenvalue weighted by Crippen LogP contribution is -2.20. The SMILES string of the molecule is C.O=C(O)c1ccc(Nc2ncc3c(n2)-c2ccc(Cl)cc2C(c2c(F)cccc2OC(F)(F)F)=NC3)cc1. The molecule has 0 radical (unpaired) electrons. The van der Waals surface area contributed by atoms with Crippen LogP contribution in [-0.4, -0.2) is 33.1 Å². The number of carboxylic acids is 1. The van der Waals surface area contributed by atoms with Crippen LogP contribution in [0.5, 0.6) is 5.75 Å². The van der Waals surface area contributed by atoms with Crippen molar-refractivity contribution in [2.75, 3.05) is 5.32 Å². The standard InChI is InChI=1S/C26H15ClF4N4O3.CH4/c27-15-6-9-17-18(10-15)23(21-19(28)2-1-3-20(21)38-26(29,30)31)32-11-14-12-33-25(35-22(14)17)34-16-7-4-13(5-8-16)24(36)37;/h1-10,12H,11H2,(H,36,37)(H,33,34,35);1H4. The van der Waals surface area contributed by atoms with Gasteiger partial charge in [0.05, 0.1) is 29.1 Å². The van der Waals surface area contributed by atoms with Crippen LogP contribution in [0.25, 0.3) is 11.3 Å². The lowest BCUT2D eigenvalue weighted by atomic mass is 9.94. The molecule has 0 amide bonds. The number of hydrogen-bond donors (Lipinski definition) is 2. The number of ether oxygens (including phenoxy) is 1. The molecule has 0 bridgehead atoms. The van der Waals surface area contributed by atoms with Crippen molar-refractivity contribution in [1.82, 2.24) is 9.97 Å². The molecule has 5 rings (SSSR count). The molecule has 39 heavy (non-hydrogen) atoms. The maximum Gasteiger partial charge on any atom is 0.573 e. The number of fused-ring (bicyclic) bond motifs is 3. The van der Waals surface area contributed by atoms with Crippen molar-refractivity contribution in [2.24, 2.45) is 4.99 Å². The van der Waals surface area contributed by atoms with E-state index in [9.17, 15) is 18.0 Å². The van der Waals surface area contributed by atoms with Crippen LogP contribution in [0.3, 0.4) is 0 Å². The zero-order valence-electron chi connectivity index (χ0n) is 19.1. The number of carboxylic acid groups (broad SMARTS) is 1. The van der Waals surface area contributed by atoms with Crippen molar-refractivity contribution in [3.05, 3.63) is 100.0 Å². The molecule has 1 aromatic heterocycles. The molecule has 4 aromatic rings. The molecule has 0 saturated carbocycles. The Balaban J connectivity index is 0.00000353. The zero-order chi connectivity index (χ0) is 27.0. The fourth-order valence-electron chi connectivity index (χ4n) is 3.97. The van der Waals surface area contributed by atoms with Crippen LogP contribution in [0.15, 0.2) is 71.9 Å². The molecule has 0 fully saturated rings. The Hall–Kier alpha value is -4.51. The zero-order valence-corrected chi connectivity index (χ0v) is 19.8. The summed E-state index contributed by atoms with van der Waals surface area (Å²) in [5.41, 5.74) is 1.71. The van der Waals surface area contributed by atoms with Crippen LogP contribution in [-0.2, 0) is 6.54 Å². The summed E-state index contributed by atoms with van der Waals surface area (Å²) in [6.45, 7) is -0.0651. The summed E-state index contributed by atoms with van der Waals surface area (Å²) in [6, 6.07) is 13.7. The first-order valence-corrected chi connectivity index (χ1v) is 11.3. The summed E-state index contributed by atoms with van der Waals surface area (Å²) >= 11 is 6.22. The van der Waals surface area contributed by atoms with Gasteiger partial charge in [-0.1, -0.05) is 31.2 Å². The average Bonchev–Trinajstić information content (AvgIpc) is 3.00. The van der Waals surface area contributed by atoms with Crippen molar-refractivity contribution in [1.29, 1.82) is 0 Å². The normalized spacial score (nSPS) is 12.3. The Morgan fingerprint density at radius 1 is 1.05 bits per heavy atom. The van der Waals surface area contributed by atoms with Crippen LogP contribution in [0, 0.1) is 5.82 Å². The van der Waals surface area contributed by atoms with Crippen LogP contribution in [0.2, 0.25) is 5.02 Å². The van der Waals surface area contributed by atoms with Gasteiger partial charge in [0, 0.05) is 33.6 Å². The van der Waals surface area contributed by atoms with Crippen LogP contribution < -0.4 is 10.1 Å². The quantitative estimate of drug-likeness (QED) is 0.250. The van der Waals surface area contributed by atoms with Gasteiger partial charge in [-0.05, 0) is 48.5 Å². The van der Waals surface area contributed by atoms with Gasteiger partial charge in [-0.15, -0.1) is 13.2 Å². The maximum absolute atomic E-state index is 15.0. The van der Waals surface area contributed by atoms with E-state index >= 15 is 4.39 Å². The third kappa shape index (κ3) is 5.83. The Labute approximate surface area is 224 Å². The molecule has 0 spiro atoms. The molecule has 2 heterocycles. The Morgan fingerprint density at radius 3 is 2.49 bits per heavy atom. The number of halogens is 5. The van der Waals surface area contributed by atoms with E-state index < -0.39 is 29.5 Å². The summed E-state index contributed by atoms with van der Waals surface area (Å²) in [6.07, 6.45) is -3.56. The number of hydrogen-bond acceptors (Lipinski definition) is 6. The second kappa shape index (κ2) is 10.7. The molecular weight excluding hydrogens is 540 g/mol. The molecule has 1 aliphatic rings. The minimum Gasteiger partial charge on any atom is -0.478 e. The Kier molecular flexibility index (Phi) is 7.55. The Bertz CT molecular complexity index is 1590. The topological polar surface area (TPSA) is 96.7 Å². The van der Waals surface area contributed by atoms with Gasteiger partial charge >= 0.3 is 12.3 Å². The lowest BCUT2D eigenvalue weighted by molar-refractivity contribution is -0.274. The molecule has 2 N–H and O–H groups in total. The third-order valence-corrected chi connectivity index (χ3v) is 5.82. The van der Waals surface area contributed by atoms with Crippen molar-refractivity contribution in [3.8, 4) is 17.0 Å². The summed E-state index contributed by atoms with van der Waals surface area (Å²) in [5, 5.41) is 12.3. The van der Waals surface area contributed by atoms with Gasteiger partial charge in [-0.3, -0.25) is 4.99 Å². The molecule has 0 unspecified atom stereocenters. The fourth-order valence-corrected chi connectivity index (χ4v) is 4.14. The second-order valence-corrected chi connectivity index (χ2v) is 8.53. The predicted octanol–water partition coefficient (Wildman–Crippen LogP) is 7.26. The van der Waals surface area contributed by atoms with E-state index in [4.69, 9.17) is 16.7 Å². The smallest absolute Gasteiger partial charge is 0.478 e. The number of carbonyl (C=O) groups is 1. The first kappa shape index (κ1) is 27.5. The summed E-state index contributed by atoms with van der Waals surface area (Å²) < 4.78 is 58.4. The summed E-state index contributed by atoms with van der Waals surface area (Å²) in [4.78, 5) is 24.4. The molecule has 12 heteroatoms. The highest BCUT2D eigenvalue weighted by Crippen LogP contribution is 2.37. The van der Waals surface area contributed by atoms with Gasteiger partial charge in [-0.25, -0.2) is 19.2 Å². The molecule has 3 aromatic carbocycles. The van der Waals surface area contributed by atoms with Crippen LogP contribution >= 0.6 is 11.6 Å². The molecule has 200 valence electrons. The van der Waals surface area contributed by atoms with Crippen molar-refractivity contribution >= 4 is 34.9 Å². The van der Waals surface area contributed by atoms with Gasteiger partial charge in [0.1, 0.15) is 11.6 Å². The van der Waals surface area contributed by atoms with Gasteiger partial charge in [0.25, 0.3) is 0 Å². The third-order valence-electron chi connectivity index (χ3n) is 5.59. The lowest BCUT2D eigenvalue weighted by Gasteiger charge is -2.17. The number of benzene rings is 3. The number of aliphatic imine (C=N–C) groups is 1. The van der Waals surface area contributed by atoms with Crippen molar-refractivity contribution < 1.29 is 32.2 Å². The molecule has 0 atom stereocenters. The molecule has 1 aliphatic heterocycles. The van der Waals surface area contributed by atoms with E-state index in [1.807, 2.05) is 0 Å². The number of nitrogens with zero attached hydrogens (tertiary/aromatic N) is 3. The van der Waals surface area contributed by atoms with E-state index in [0.717, 1.165) is 18.2 Å². The summed E-state index contributed by atoms with van der Waals surface area (Å²) in [5.74, 6) is -2.60. The van der Waals surface area contributed by atoms with E-state index in [1.54, 1.807) is 24.3 Å². The Morgan fingerprint density at radius 2 is 1.79 bits per heavy atom. The molecular formula is C27H19ClF4N4O3. The second-order valence-electron chi connectivity index (χ2n) is 8.09. The van der Waals surface area contributed by atoms with Crippen LogP contribution in [0.4, 0.5) is 29.2 Å². The average molecular weight is 559 g/mol. The number of anilines is 2. The predicted molar refractivity (Wildman–Crippen MR) is 138 cm³/mol. The summed E-state index contributed by atoms with van der Waals surface area (Å²) in [7, 11) is 0. The van der Waals surface area contributed by atoms with E-state index in [1.165, 1.54) is 24.4 Å². The molecule has 0 saturated heterocycles. The first-order chi connectivity index (χ1) is 18.1. The highest BCUT2D eigenvalue weighted by atomic mass is 35.5. The van der Waals surface area contributed by atoms with E-state index in [2.05, 4.69) is 25.0 Å². The van der Waals surface area contributed by atoms with Crippen LogP contribution in [0.1, 0.15) is 34.5 Å². The fraction of sp³-hybridized carbons (Fsp3) is 0.111. The number of alkyl halides is 3. The highest BCUT2D eigenvalue weighted by Gasteiger charge is 2.34. The van der Waals surface area contributed by atoms with E-state index in [-0.39, 0.29) is 41.8 Å². The van der Waals surface area contributed by atoms with Gasteiger partial charge in [-0.2, -0.15) is 0 Å².